The Bertz CT molecular complexity index is 1810. The van der Waals surface area contributed by atoms with E-state index in [-0.39, 0.29) is 13.2 Å². The highest BCUT2D eigenvalue weighted by molar-refractivity contribution is 7.80. The number of aromatic nitrogens is 1. The van der Waals surface area contributed by atoms with Crippen LogP contribution in [-0.4, -0.2) is 45.6 Å². The number of carbonyl (C=O) groups is 2. The number of benzene rings is 3. The standard InChI is InChI=1S/C30H28FN3O9S/c1-40-26-17-23-24(18-27(26)41-2)34(15-16-42-44(37,38)39)14-11-25(23)43-22-9-7-21(8-10-22)33-29(36)30(12-13-30)28(35)32-20-5-3-19(31)4-6-20/h3-11,14,17-18H,12-13,15-16H2,1-2H3,(H2-,32,33,35,36,37,38,39)/p+1. The van der Waals surface area contributed by atoms with Crippen LogP contribution in [0.1, 0.15) is 12.8 Å². The van der Waals surface area contributed by atoms with Crippen molar-refractivity contribution in [1.29, 1.82) is 0 Å². The number of hydrogen-bond donors (Lipinski definition) is 3. The number of fused-ring (bicyclic) bond motifs is 1. The third-order valence-electron chi connectivity index (χ3n) is 7.11. The summed E-state index contributed by atoms with van der Waals surface area (Å²) >= 11 is 0. The van der Waals surface area contributed by atoms with E-state index in [1.165, 1.54) is 38.5 Å². The van der Waals surface area contributed by atoms with E-state index in [4.69, 9.17) is 18.8 Å². The molecule has 0 spiro atoms. The van der Waals surface area contributed by atoms with Gasteiger partial charge in [0, 0.05) is 23.5 Å². The summed E-state index contributed by atoms with van der Waals surface area (Å²) in [6, 6.07) is 17.0. The molecule has 0 saturated heterocycles. The van der Waals surface area contributed by atoms with Crippen LogP contribution >= 0.6 is 0 Å². The van der Waals surface area contributed by atoms with E-state index >= 15 is 0 Å². The second-order valence-electron chi connectivity index (χ2n) is 9.97. The number of nitrogens with one attached hydrogen (secondary N) is 2. The molecule has 3 aromatic carbocycles. The van der Waals surface area contributed by atoms with Gasteiger partial charge in [-0.2, -0.15) is 13.0 Å². The van der Waals surface area contributed by atoms with Crippen molar-refractivity contribution in [3.8, 4) is 23.0 Å². The highest BCUT2D eigenvalue weighted by Gasteiger charge is 2.56. The molecule has 0 bridgehead atoms. The molecule has 14 heteroatoms. The molecule has 1 aromatic heterocycles. The van der Waals surface area contributed by atoms with Gasteiger partial charge in [0.05, 0.1) is 25.7 Å². The zero-order valence-corrected chi connectivity index (χ0v) is 24.5. The molecule has 230 valence electrons. The van der Waals surface area contributed by atoms with Crippen molar-refractivity contribution in [3.05, 3.63) is 78.7 Å². The maximum absolute atomic E-state index is 13.2. The van der Waals surface area contributed by atoms with Gasteiger partial charge < -0.3 is 24.8 Å². The van der Waals surface area contributed by atoms with Gasteiger partial charge in [-0.15, -0.1) is 0 Å². The zero-order valence-electron chi connectivity index (χ0n) is 23.7. The average molecular weight is 627 g/mol. The molecular weight excluding hydrogens is 597 g/mol. The molecule has 12 nitrogen and oxygen atoms in total. The Morgan fingerprint density at radius 3 is 2.00 bits per heavy atom. The Kier molecular flexibility index (Phi) is 8.67. The van der Waals surface area contributed by atoms with Crippen LogP contribution in [0.4, 0.5) is 15.8 Å². The predicted molar refractivity (Wildman–Crippen MR) is 157 cm³/mol. The van der Waals surface area contributed by atoms with Crippen LogP contribution < -0.4 is 29.4 Å². The second-order valence-corrected chi connectivity index (χ2v) is 11.1. The Hall–Kier alpha value is -4.79. The fourth-order valence-corrected chi connectivity index (χ4v) is 4.89. The first-order valence-corrected chi connectivity index (χ1v) is 14.7. The van der Waals surface area contributed by atoms with E-state index < -0.39 is 33.4 Å². The molecule has 0 radical (unpaired) electrons. The van der Waals surface area contributed by atoms with Gasteiger partial charge in [0.1, 0.15) is 29.3 Å². The normalized spacial score (nSPS) is 13.6. The topological polar surface area (TPSA) is 153 Å². The number of amides is 2. The molecule has 44 heavy (non-hydrogen) atoms. The molecule has 3 N–H and O–H groups in total. The number of anilines is 2. The molecule has 1 heterocycles. The number of nitrogens with zero attached hydrogens (tertiary/aromatic N) is 1. The van der Waals surface area contributed by atoms with Crippen LogP contribution in [0.15, 0.2) is 72.9 Å². The Morgan fingerprint density at radius 2 is 1.45 bits per heavy atom. The van der Waals surface area contributed by atoms with Crippen LogP contribution in [0.25, 0.3) is 10.9 Å². The van der Waals surface area contributed by atoms with Crippen LogP contribution in [0.2, 0.25) is 0 Å². The first kappa shape index (κ1) is 30.7. The fraction of sp³-hybridized carbons (Fsp3) is 0.233. The maximum atomic E-state index is 13.2. The minimum atomic E-state index is -4.59. The summed E-state index contributed by atoms with van der Waals surface area (Å²) in [4.78, 5) is 25.9. The third-order valence-corrected chi connectivity index (χ3v) is 7.57. The largest absolute Gasteiger partial charge is 0.493 e. The van der Waals surface area contributed by atoms with Gasteiger partial charge in [0.2, 0.25) is 17.3 Å². The van der Waals surface area contributed by atoms with E-state index in [1.54, 1.807) is 53.2 Å². The summed E-state index contributed by atoms with van der Waals surface area (Å²) in [6.07, 6.45) is 2.45. The van der Waals surface area contributed by atoms with E-state index in [0.717, 1.165) is 0 Å². The smallest absolute Gasteiger partial charge is 0.397 e. The monoisotopic (exact) mass is 626 g/mol. The van der Waals surface area contributed by atoms with Gasteiger partial charge in [-0.1, -0.05) is 0 Å². The maximum Gasteiger partial charge on any atom is 0.397 e. The molecule has 0 atom stereocenters. The number of pyridine rings is 1. The summed E-state index contributed by atoms with van der Waals surface area (Å²) in [6.45, 7) is -0.223. The average Bonchev–Trinajstić information content (AvgIpc) is 3.81. The van der Waals surface area contributed by atoms with E-state index in [9.17, 15) is 22.4 Å². The highest BCUT2D eigenvalue weighted by atomic mass is 32.3. The number of halogens is 1. The fourth-order valence-electron chi connectivity index (χ4n) is 4.61. The van der Waals surface area contributed by atoms with Crippen molar-refractivity contribution in [1.82, 2.24) is 0 Å². The van der Waals surface area contributed by atoms with E-state index in [0.29, 0.717) is 58.1 Å². The van der Waals surface area contributed by atoms with Crippen molar-refractivity contribution in [2.45, 2.75) is 19.4 Å². The molecule has 2 amide bonds. The Labute approximate surface area is 252 Å². The summed E-state index contributed by atoms with van der Waals surface area (Å²) < 4.78 is 67.2. The number of rotatable bonds is 12. The lowest BCUT2D eigenvalue weighted by atomic mass is 10.0. The van der Waals surface area contributed by atoms with Crippen molar-refractivity contribution in [3.63, 3.8) is 0 Å². The van der Waals surface area contributed by atoms with Crippen LogP contribution in [0, 0.1) is 11.2 Å². The SMILES string of the molecule is COc1cc2c(Oc3ccc(NC(=O)C4(C(=O)Nc5ccc(F)cc5)CC4)cc3)cc[n+](CCOS(=O)(=O)O)c2cc1OC. The van der Waals surface area contributed by atoms with E-state index in [2.05, 4.69) is 14.8 Å². The van der Waals surface area contributed by atoms with Crippen LogP contribution in [0.5, 0.6) is 23.0 Å². The van der Waals surface area contributed by atoms with Gasteiger partial charge in [0.25, 0.3) is 0 Å². The number of ether oxygens (including phenoxy) is 3. The van der Waals surface area contributed by atoms with Gasteiger partial charge in [-0.25, -0.2) is 8.57 Å². The first-order valence-electron chi connectivity index (χ1n) is 13.4. The lowest BCUT2D eigenvalue weighted by Gasteiger charge is -2.16. The molecule has 1 saturated carbocycles. The minimum Gasteiger partial charge on any atom is -0.493 e. The summed E-state index contributed by atoms with van der Waals surface area (Å²) in [5.41, 5.74) is 0.272. The molecule has 5 rings (SSSR count). The predicted octanol–water partition coefficient (Wildman–Crippen LogP) is 4.25. The molecular formula is C30H29FN3O9S+. The summed E-state index contributed by atoms with van der Waals surface area (Å²) in [5, 5.41) is 6.07. The van der Waals surface area contributed by atoms with Crippen molar-refractivity contribution in [2.75, 3.05) is 31.5 Å². The first-order chi connectivity index (χ1) is 21.0. The zero-order chi connectivity index (χ0) is 31.5. The van der Waals surface area contributed by atoms with Crippen LogP contribution in [-0.2, 0) is 30.7 Å². The molecule has 1 aliphatic carbocycles. The second kappa shape index (κ2) is 12.4. The van der Waals surface area contributed by atoms with Gasteiger partial charge in [-0.05, 0) is 61.4 Å². The molecule has 0 unspecified atom stereocenters. The third kappa shape index (κ3) is 6.88. The van der Waals surface area contributed by atoms with Crippen molar-refractivity contribution in [2.24, 2.45) is 5.41 Å². The van der Waals surface area contributed by atoms with Gasteiger partial charge in [0.15, 0.2) is 24.2 Å². The molecule has 1 aliphatic rings. The van der Waals surface area contributed by atoms with Crippen molar-refractivity contribution >= 4 is 44.5 Å². The lowest BCUT2D eigenvalue weighted by molar-refractivity contribution is -0.672. The van der Waals surface area contributed by atoms with Crippen molar-refractivity contribution < 1.29 is 49.9 Å². The van der Waals surface area contributed by atoms with Gasteiger partial charge in [-0.3, -0.25) is 14.1 Å². The molecule has 1 fully saturated rings. The highest BCUT2D eigenvalue weighted by Crippen LogP contribution is 2.47. The Balaban J connectivity index is 1.31. The number of hydrogen-bond acceptors (Lipinski definition) is 8. The minimum absolute atomic E-state index is 0.0872. The van der Waals surface area contributed by atoms with Gasteiger partial charge >= 0.3 is 10.4 Å². The summed E-state index contributed by atoms with van der Waals surface area (Å²) in [7, 11) is -1.62. The lowest BCUT2D eigenvalue weighted by Crippen LogP contribution is -2.37. The quantitative estimate of drug-likeness (QED) is 0.119. The van der Waals surface area contributed by atoms with E-state index in [1.807, 2.05) is 0 Å². The Morgan fingerprint density at radius 1 is 0.886 bits per heavy atom. The number of carbonyl (C=O) groups excluding carboxylic acids is 2. The van der Waals surface area contributed by atoms with Crippen LogP contribution in [0.3, 0.4) is 0 Å². The summed E-state index contributed by atoms with van der Waals surface area (Å²) in [5.74, 6) is 0.437. The molecule has 4 aromatic rings. The molecule has 0 aliphatic heterocycles. The number of methoxy groups -OCH3 is 2.